The lowest BCUT2D eigenvalue weighted by molar-refractivity contribution is -0.117. The summed E-state index contributed by atoms with van der Waals surface area (Å²) in [5.74, 6) is -0.458. The molecule has 1 atom stereocenters. The monoisotopic (exact) mass is 416 g/mol. The third-order valence-corrected chi connectivity index (χ3v) is 5.24. The molecule has 5 nitrogen and oxygen atoms in total. The highest BCUT2D eigenvalue weighted by Gasteiger charge is 2.22. The van der Waals surface area contributed by atoms with Gasteiger partial charge in [0.15, 0.2) is 0 Å². The second-order valence-corrected chi connectivity index (χ2v) is 7.86. The molecule has 8 heteroatoms. The van der Waals surface area contributed by atoms with Crippen LogP contribution in [0.5, 0.6) is 0 Å². The molecule has 2 aromatic rings. The Bertz CT molecular complexity index is 810. The van der Waals surface area contributed by atoms with Crippen molar-refractivity contribution in [3.8, 4) is 0 Å². The minimum Gasteiger partial charge on any atom is -0.325 e. The number of anilines is 1. The molecular weight excluding hydrogens is 404 g/mol. The summed E-state index contributed by atoms with van der Waals surface area (Å²) in [4.78, 5) is 12.2. The molecule has 0 saturated carbocycles. The van der Waals surface area contributed by atoms with E-state index in [2.05, 4.69) is 26.0 Å². The van der Waals surface area contributed by atoms with Crippen LogP contribution < -0.4 is 10.0 Å². The summed E-state index contributed by atoms with van der Waals surface area (Å²) in [6, 6.07) is 11.8. The minimum absolute atomic E-state index is 0.0454. The highest BCUT2D eigenvalue weighted by Crippen LogP contribution is 2.17. The number of hydrogen-bond acceptors (Lipinski definition) is 3. The van der Waals surface area contributed by atoms with Crippen LogP contribution in [-0.4, -0.2) is 20.4 Å². The summed E-state index contributed by atoms with van der Waals surface area (Å²) < 4.78 is 27.6. The second kappa shape index (κ2) is 7.44. The zero-order valence-corrected chi connectivity index (χ0v) is 15.2. The maximum absolute atomic E-state index is 12.2. The molecule has 0 aliphatic rings. The third-order valence-electron chi connectivity index (χ3n) is 2.94. The molecule has 23 heavy (non-hydrogen) atoms. The van der Waals surface area contributed by atoms with E-state index in [0.29, 0.717) is 10.7 Å². The summed E-state index contributed by atoms with van der Waals surface area (Å²) in [7, 11) is -3.80. The zero-order chi connectivity index (χ0) is 17.0. The van der Waals surface area contributed by atoms with Crippen molar-refractivity contribution in [3.05, 3.63) is 58.0 Å². The SMILES string of the molecule is C[C@@H](NS(=O)(=O)c1ccc(Cl)cc1)C(=O)Nc1cccc(Br)c1. The van der Waals surface area contributed by atoms with E-state index in [0.717, 1.165) is 4.47 Å². The van der Waals surface area contributed by atoms with Crippen LogP contribution in [0.15, 0.2) is 57.9 Å². The van der Waals surface area contributed by atoms with Crippen molar-refractivity contribution in [2.75, 3.05) is 5.32 Å². The molecule has 0 aromatic heterocycles. The quantitative estimate of drug-likeness (QED) is 0.783. The molecule has 0 aliphatic carbocycles. The van der Waals surface area contributed by atoms with Gasteiger partial charge in [-0.1, -0.05) is 33.6 Å². The fourth-order valence-corrected chi connectivity index (χ4v) is 3.51. The third kappa shape index (κ3) is 5.04. The molecule has 0 bridgehead atoms. The van der Waals surface area contributed by atoms with Crippen LogP contribution in [0.25, 0.3) is 0 Å². The Balaban J connectivity index is 2.06. The van der Waals surface area contributed by atoms with Gasteiger partial charge in [-0.05, 0) is 49.4 Å². The largest absolute Gasteiger partial charge is 0.325 e. The standard InChI is InChI=1S/C15H14BrClN2O3S/c1-10(15(20)18-13-4-2-3-11(16)9-13)19-23(21,22)14-7-5-12(17)6-8-14/h2-10,19H,1H3,(H,18,20)/t10-/m1/s1. The zero-order valence-electron chi connectivity index (χ0n) is 12.1. The van der Waals surface area contributed by atoms with E-state index < -0.39 is 22.0 Å². The van der Waals surface area contributed by atoms with Crippen LogP contribution in [0.1, 0.15) is 6.92 Å². The first-order valence-electron chi connectivity index (χ1n) is 6.62. The van der Waals surface area contributed by atoms with E-state index in [1.165, 1.54) is 31.2 Å². The highest BCUT2D eigenvalue weighted by atomic mass is 79.9. The molecule has 0 heterocycles. The van der Waals surface area contributed by atoms with Crippen molar-refractivity contribution in [1.29, 1.82) is 0 Å². The number of amides is 1. The van der Waals surface area contributed by atoms with Gasteiger partial charge in [0.1, 0.15) is 0 Å². The lowest BCUT2D eigenvalue weighted by Gasteiger charge is -2.14. The van der Waals surface area contributed by atoms with Crippen LogP contribution in [0.2, 0.25) is 5.02 Å². The molecule has 0 saturated heterocycles. The Kier molecular flexibility index (Phi) is 5.80. The highest BCUT2D eigenvalue weighted by molar-refractivity contribution is 9.10. The predicted octanol–water partition coefficient (Wildman–Crippen LogP) is 3.41. The lowest BCUT2D eigenvalue weighted by Crippen LogP contribution is -2.41. The van der Waals surface area contributed by atoms with E-state index >= 15 is 0 Å². The number of halogens is 2. The van der Waals surface area contributed by atoms with Crippen molar-refractivity contribution in [2.45, 2.75) is 17.9 Å². The summed E-state index contributed by atoms with van der Waals surface area (Å²) >= 11 is 9.04. The van der Waals surface area contributed by atoms with Crippen molar-refractivity contribution in [1.82, 2.24) is 4.72 Å². The molecule has 2 rings (SSSR count). The van der Waals surface area contributed by atoms with Crippen molar-refractivity contribution < 1.29 is 13.2 Å². The topological polar surface area (TPSA) is 75.3 Å². The number of hydrogen-bond donors (Lipinski definition) is 2. The molecule has 0 fully saturated rings. The Hall–Kier alpha value is -1.41. The van der Waals surface area contributed by atoms with Gasteiger partial charge < -0.3 is 5.32 Å². The van der Waals surface area contributed by atoms with Crippen LogP contribution >= 0.6 is 27.5 Å². The van der Waals surface area contributed by atoms with Gasteiger partial charge in [0, 0.05) is 15.2 Å². The molecule has 0 spiro atoms. The van der Waals surface area contributed by atoms with Gasteiger partial charge in [-0.25, -0.2) is 8.42 Å². The van der Waals surface area contributed by atoms with Gasteiger partial charge in [0.05, 0.1) is 10.9 Å². The van der Waals surface area contributed by atoms with E-state index in [1.807, 2.05) is 6.07 Å². The van der Waals surface area contributed by atoms with E-state index in [9.17, 15) is 13.2 Å². The van der Waals surface area contributed by atoms with Gasteiger partial charge in [-0.3, -0.25) is 4.79 Å². The molecule has 2 N–H and O–H groups in total. The van der Waals surface area contributed by atoms with Gasteiger partial charge in [-0.15, -0.1) is 0 Å². The lowest BCUT2D eigenvalue weighted by atomic mass is 10.3. The molecule has 0 radical (unpaired) electrons. The molecular formula is C15H14BrClN2O3S. The molecule has 122 valence electrons. The number of nitrogens with one attached hydrogen (secondary N) is 2. The first kappa shape index (κ1) is 17.9. The average molecular weight is 418 g/mol. The molecule has 0 unspecified atom stereocenters. The predicted molar refractivity (Wildman–Crippen MR) is 94.0 cm³/mol. The Morgan fingerprint density at radius 1 is 1.17 bits per heavy atom. The first-order chi connectivity index (χ1) is 10.8. The number of carbonyl (C=O) groups excluding carboxylic acids is 1. The van der Waals surface area contributed by atoms with Gasteiger partial charge >= 0.3 is 0 Å². The van der Waals surface area contributed by atoms with Gasteiger partial charge in [-0.2, -0.15) is 4.72 Å². The first-order valence-corrected chi connectivity index (χ1v) is 9.28. The summed E-state index contributed by atoms with van der Waals surface area (Å²) in [5, 5.41) is 3.08. The van der Waals surface area contributed by atoms with Crippen LogP contribution in [0, 0.1) is 0 Å². The molecule has 1 amide bonds. The van der Waals surface area contributed by atoms with E-state index in [4.69, 9.17) is 11.6 Å². The van der Waals surface area contributed by atoms with Crippen molar-refractivity contribution >= 4 is 49.1 Å². The van der Waals surface area contributed by atoms with Crippen LogP contribution in [0.4, 0.5) is 5.69 Å². The maximum Gasteiger partial charge on any atom is 0.242 e. The number of benzene rings is 2. The van der Waals surface area contributed by atoms with Crippen molar-refractivity contribution in [2.24, 2.45) is 0 Å². The van der Waals surface area contributed by atoms with Crippen LogP contribution in [-0.2, 0) is 14.8 Å². The Morgan fingerprint density at radius 3 is 2.43 bits per heavy atom. The van der Waals surface area contributed by atoms with Gasteiger partial charge in [0.2, 0.25) is 15.9 Å². The number of sulfonamides is 1. The van der Waals surface area contributed by atoms with E-state index in [-0.39, 0.29) is 4.90 Å². The Morgan fingerprint density at radius 2 is 1.83 bits per heavy atom. The maximum atomic E-state index is 12.2. The summed E-state index contributed by atoms with van der Waals surface area (Å²) in [6.07, 6.45) is 0. The van der Waals surface area contributed by atoms with Crippen molar-refractivity contribution in [3.63, 3.8) is 0 Å². The number of rotatable bonds is 5. The summed E-state index contributed by atoms with van der Waals surface area (Å²) in [5.41, 5.74) is 0.571. The Labute approximate surface area is 148 Å². The fraction of sp³-hybridized carbons (Fsp3) is 0.133. The normalized spacial score (nSPS) is 12.7. The smallest absolute Gasteiger partial charge is 0.242 e. The number of carbonyl (C=O) groups is 1. The molecule has 0 aliphatic heterocycles. The summed E-state index contributed by atoms with van der Waals surface area (Å²) in [6.45, 7) is 1.47. The van der Waals surface area contributed by atoms with Crippen LogP contribution in [0.3, 0.4) is 0 Å². The van der Waals surface area contributed by atoms with E-state index in [1.54, 1.807) is 18.2 Å². The average Bonchev–Trinajstić information content (AvgIpc) is 2.47. The fourth-order valence-electron chi connectivity index (χ4n) is 1.78. The van der Waals surface area contributed by atoms with Gasteiger partial charge in [0.25, 0.3) is 0 Å². The second-order valence-electron chi connectivity index (χ2n) is 4.80. The molecule has 2 aromatic carbocycles. The minimum atomic E-state index is -3.80.